The molecule has 2 heterocycles. The van der Waals surface area contributed by atoms with Crippen LogP contribution < -0.4 is 5.32 Å². The Bertz CT molecular complexity index is 240. The number of piperazine rings is 1. The van der Waals surface area contributed by atoms with Gasteiger partial charge in [-0.2, -0.15) is 0 Å². The molecule has 3 nitrogen and oxygen atoms in total. The molecule has 1 amide bonds. The first kappa shape index (κ1) is 7.10. The summed E-state index contributed by atoms with van der Waals surface area (Å²) in [6.07, 6.45) is 0. The summed E-state index contributed by atoms with van der Waals surface area (Å²) in [5.74, 6) is 0.220. The van der Waals surface area contributed by atoms with Crippen LogP contribution in [0.4, 0.5) is 0 Å². The fraction of sp³-hybridized carbons (Fsp3) is 0.875. The first-order valence-corrected chi connectivity index (χ1v) is 4.00. The number of nitrogens with zero attached hydrogens (tertiary/aromatic N) is 1. The second-order valence-corrected chi connectivity index (χ2v) is 4.00. The predicted octanol–water partition coefficient (Wildman–Crippen LogP) is -0.0325. The van der Waals surface area contributed by atoms with Gasteiger partial charge in [-0.1, -0.05) is 0 Å². The fourth-order valence-corrected chi connectivity index (χ4v) is 2.47. The number of hydrogen-bond donors (Lipinski definition) is 1. The molecule has 11 heavy (non-hydrogen) atoms. The normalized spacial score (nSPS) is 54.7. The van der Waals surface area contributed by atoms with Crippen LogP contribution in [0.25, 0.3) is 0 Å². The Morgan fingerprint density at radius 2 is 2.09 bits per heavy atom. The van der Waals surface area contributed by atoms with Gasteiger partial charge in [0, 0.05) is 13.1 Å². The van der Waals surface area contributed by atoms with Crippen molar-refractivity contribution >= 4 is 5.91 Å². The lowest BCUT2D eigenvalue weighted by atomic mass is 9.58. The van der Waals surface area contributed by atoms with Crippen molar-refractivity contribution in [3.8, 4) is 0 Å². The molecular formula is C8H14N2O. The number of carbonyl (C=O) groups is 1. The molecule has 0 bridgehead atoms. The maximum Gasteiger partial charge on any atom is 0.245 e. The van der Waals surface area contributed by atoms with Crippen LogP contribution in [0, 0.1) is 0 Å². The first-order valence-electron chi connectivity index (χ1n) is 4.00. The zero-order valence-electron chi connectivity index (χ0n) is 7.43. The Morgan fingerprint density at radius 3 is 2.36 bits per heavy atom. The summed E-state index contributed by atoms with van der Waals surface area (Å²) in [6.45, 7) is 6.23. The second kappa shape index (κ2) is 1.46. The van der Waals surface area contributed by atoms with Crippen molar-refractivity contribution in [1.29, 1.82) is 0 Å². The van der Waals surface area contributed by atoms with E-state index in [-0.39, 0.29) is 17.0 Å². The van der Waals surface area contributed by atoms with Gasteiger partial charge in [-0.3, -0.25) is 10.1 Å². The summed E-state index contributed by atoms with van der Waals surface area (Å²) >= 11 is 0. The number of likely N-dealkylation sites (tertiary alicyclic amines) is 1. The third-order valence-corrected chi connectivity index (χ3v) is 3.79. The molecule has 2 aliphatic rings. The average molecular weight is 154 g/mol. The molecule has 2 aliphatic heterocycles. The van der Waals surface area contributed by atoms with Gasteiger partial charge < -0.3 is 4.90 Å². The minimum atomic E-state index is -0.263. The zero-order chi connectivity index (χ0) is 8.44. The minimum absolute atomic E-state index is 0.0596. The SMILES string of the molecule is C[C@@H]1N[C@@]2(C)C(=O)N(C)[C@]12C. The van der Waals surface area contributed by atoms with E-state index in [1.165, 1.54) is 0 Å². The Balaban J connectivity index is 2.35. The van der Waals surface area contributed by atoms with Crippen molar-refractivity contribution in [2.24, 2.45) is 0 Å². The van der Waals surface area contributed by atoms with E-state index in [0.29, 0.717) is 6.04 Å². The molecular weight excluding hydrogens is 140 g/mol. The summed E-state index contributed by atoms with van der Waals surface area (Å²) in [6, 6.07) is 0.426. The van der Waals surface area contributed by atoms with Crippen LogP contribution in [0.15, 0.2) is 0 Å². The maximum atomic E-state index is 11.4. The molecule has 0 spiro atoms. The molecule has 2 saturated heterocycles. The third kappa shape index (κ3) is 0.415. The van der Waals surface area contributed by atoms with Gasteiger partial charge in [-0.25, -0.2) is 0 Å². The van der Waals surface area contributed by atoms with Crippen molar-refractivity contribution < 1.29 is 4.79 Å². The topological polar surface area (TPSA) is 32.3 Å². The standard InChI is InChI=1S/C8H14N2O/c1-5-8(3)7(2,9-5)6(11)10(8)4/h5,9H,1-4H3/t5-,7-,8+/m0/s1. The van der Waals surface area contributed by atoms with Gasteiger partial charge in [0.15, 0.2) is 0 Å². The van der Waals surface area contributed by atoms with E-state index in [2.05, 4.69) is 19.2 Å². The monoisotopic (exact) mass is 154 g/mol. The summed E-state index contributed by atoms with van der Waals surface area (Å²) in [7, 11) is 1.88. The summed E-state index contributed by atoms with van der Waals surface area (Å²) < 4.78 is 0. The Kier molecular flexibility index (Phi) is 0.942. The minimum Gasteiger partial charge on any atom is -0.335 e. The van der Waals surface area contributed by atoms with Gasteiger partial charge in [0.25, 0.3) is 0 Å². The Labute approximate surface area is 66.8 Å². The maximum absolute atomic E-state index is 11.4. The highest BCUT2D eigenvalue weighted by molar-refractivity contribution is 5.97. The summed E-state index contributed by atoms with van der Waals surface area (Å²) in [5.41, 5.74) is -0.203. The Hall–Kier alpha value is -0.570. The number of likely N-dealkylation sites (N-methyl/N-ethyl adjacent to an activating group) is 1. The van der Waals surface area contributed by atoms with Gasteiger partial charge in [0.2, 0.25) is 5.91 Å². The largest absolute Gasteiger partial charge is 0.335 e. The number of rotatable bonds is 0. The van der Waals surface area contributed by atoms with E-state index in [9.17, 15) is 4.79 Å². The highest BCUT2D eigenvalue weighted by Gasteiger charge is 2.74. The van der Waals surface area contributed by atoms with Crippen molar-refractivity contribution in [3.63, 3.8) is 0 Å². The number of amides is 1. The molecule has 0 unspecified atom stereocenters. The zero-order valence-corrected chi connectivity index (χ0v) is 7.43. The molecule has 2 fully saturated rings. The van der Waals surface area contributed by atoms with E-state index in [4.69, 9.17) is 0 Å². The third-order valence-electron chi connectivity index (χ3n) is 3.79. The van der Waals surface area contributed by atoms with Gasteiger partial charge in [0.1, 0.15) is 5.54 Å². The van der Waals surface area contributed by atoms with E-state index in [0.717, 1.165) is 0 Å². The van der Waals surface area contributed by atoms with E-state index < -0.39 is 0 Å². The molecule has 1 N–H and O–H groups in total. The fourth-order valence-electron chi connectivity index (χ4n) is 2.47. The van der Waals surface area contributed by atoms with Crippen LogP contribution in [-0.2, 0) is 4.79 Å². The van der Waals surface area contributed by atoms with E-state index >= 15 is 0 Å². The molecule has 0 aromatic rings. The smallest absolute Gasteiger partial charge is 0.245 e. The van der Waals surface area contributed by atoms with E-state index in [1.807, 2.05) is 18.9 Å². The first-order chi connectivity index (χ1) is 4.94. The summed E-state index contributed by atoms with van der Waals surface area (Å²) in [4.78, 5) is 13.2. The molecule has 0 aromatic carbocycles. The van der Waals surface area contributed by atoms with Gasteiger partial charge >= 0.3 is 0 Å². The second-order valence-electron chi connectivity index (χ2n) is 4.00. The van der Waals surface area contributed by atoms with Crippen LogP contribution >= 0.6 is 0 Å². The van der Waals surface area contributed by atoms with Crippen molar-refractivity contribution in [2.75, 3.05) is 7.05 Å². The number of nitrogens with one attached hydrogen (secondary N) is 1. The molecule has 62 valence electrons. The van der Waals surface area contributed by atoms with Crippen LogP contribution in [0.2, 0.25) is 0 Å². The molecule has 0 radical (unpaired) electrons. The highest BCUT2D eigenvalue weighted by atomic mass is 16.2. The quantitative estimate of drug-likeness (QED) is 0.497. The molecule has 0 saturated carbocycles. The number of carbonyl (C=O) groups excluding carboxylic acids is 1. The summed E-state index contributed by atoms with van der Waals surface area (Å²) in [5, 5.41) is 3.25. The van der Waals surface area contributed by atoms with Crippen LogP contribution in [0.1, 0.15) is 20.8 Å². The van der Waals surface area contributed by atoms with Gasteiger partial charge in [-0.15, -0.1) is 0 Å². The predicted molar refractivity (Wildman–Crippen MR) is 42.2 cm³/mol. The van der Waals surface area contributed by atoms with Gasteiger partial charge in [0.05, 0.1) is 5.54 Å². The number of hydrogen-bond acceptors (Lipinski definition) is 2. The number of fused-ring (bicyclic) bond motifs is 1. The molecule has 0 aliphatic carbocycles. The average Bonchev–Trinajstić information content (AvgIpc) is 2.00. The van der Waals surface area contributed by atoms with Crippen molar-refractivity contribution in [1.82, 2.24) is 10.2 Å². The highest BCUT2D eigenvalue weighted by Crippen LogP contribution is 2.49. The lowest BCUT2D eigenvalue weighted by Crippen LogP contribution is -2.97. The molecule has 3 atom stereocenters. The van der Waals surface area contributed by atoms with Crippen molar-refractivity contribution in [2.45, 2.75) is 37.9 Å². The Morgan fingerprint density at radius 1 is 1.55 bits per heavy atom. The molecule has 3 heteroatoms. The lowest BCUT2D eigenvalue weighted by Gasteiger charge is -2.72. The van der Waals surface area contributed by atoms with Gasteiger partial charge in [-0.05, 0) is 20.8 Å². The van der Waals surface area contributed by atoms with E-state index in [1.54, 1.807) is 0 Å². The van der Waals surface area contributed by atoms with Crippen LogP contribution in [0.3, 0.4) is 0 Å². The molecule has 2 rings (SSSR count). The lowest BCUT2D eigenvalue weighted by molar-refractivity contribution is -0.202. The molecule has 0 aromatic heterocycles. The van der Waals surface area contributed by atoms with Crippen LogP contribution in [-0.4, -0.2) is 35.0 Å². The van der Waals surface area contributed by atoms with Crippen molar-refractivity contribution in [3.05, 3.63) is 0 Å². The number of β-lactam (4-membered cyclic amide) rings is 1. The van der Waals surface area contributed by atoms with Crippen LogP contribution in [0.5, 0.6) is 0 Å².